The first-order valence-electron chi connectivity index (χ1n) is 8.96. The smallest absolute Gasteiger partial charge is 0.258 e. The van der Waals surface area contributed by atoms with E-state index in [1.807, 2.05) is 11.6 Å². The Balaban J connectivity index is 1.61. The third kappa shape index (κ3) is 3.05. The van der Waals surface area contributed by atoms with E-state index in [0.29, 0.717) is 31.3 Å². The van der Waals surface area contributed by atoms with Crippen LogP contribution in [-0.4, -0.2) is 45.3 Å². The molecule has 4 rings (SSSR count). The number of hydrogen-bond donors (Lipinski definition) is 1. The lowest BCUT2D eigenvalue weighted by atomic mass is 10.1. The summed E-state index contributed by atoms with van der Waals surface area (Å²) in [6.07, 6.45) is 2.26. The van der Waals surface area contributed by atoms with E-state index >= 15 is 0 Å². The van der Waals surface area contributed by atoms with E-state index in [9.17, 15) is 9.18 Å². The summed E-state index contributed by atoms with van der Waals surface area (Å²) < 4.78 is 21.2. The minimum absolute atomic E-state index is 0.209. The number of amides is 1. The summed E-state index contributed by atoms with van der Waals surface area (Å²) in [5.74, 6) is 1.72. The van der Waals surface area contributed by atoms with Gasteiger partial charge in [0, 0.05) is 19.0 Å². The molecule has 2 aromatic rings. The predicted molar refractivity (Wildman–Crippen MR) is 92.4 cm³/mol. The molecule has 1 aliphatic heterocycles. The van der Waals surface area contributed by atoms with Crippen molar-refractivity contribution in [1.82, 2.24) is 19.7 Å². The summed E-state index contributed by atoms with van der Waals surface area (Å²) in [6.45, 7) is 3.58. The fourth-order valence-corrected chi connectivity index (χ4v) is 3.29. The molecule has 26 heavy (non-hydrogen) atoms. The van der Waals surface area contributed by atoms with Crippen LogP contribution < -0.4 is 10.5 Å². The molecule has 0 unspecified atom stereocenters. The first-order valence-corrected chi connectivity index (χ1v) is 8.96. The number of rotatable bonds is 5. The van der Waals surface area contributed by atoms with Crippen LogP contribution >= 0.6 is 0 Å². The van der Waals surface area contributed by atoms with Crippen LogP contribution in [0.1, 0.15) is 53.7 Å². The zero-order valence-electron chi connectivity index (χ0n) is 14.7. The van der Waals surface area contributed by atoms with Gasteiger partial charge >= 0.3 is 0 Å². The second-order valence-electron chi connectivity index (χ2n) is 6.78. The number of aromatic nitrogens is 3. The van der Waals surface area contributed by atoms with Gasteiger partial charge in [0.05, 0.1) is 18.2 Å². The number of ether oxygens (including phenoxy) is 1. The Labute approximate surface area is 150 Å². The maximum absolute atomic E-state index is 13.8. The van der Waals surface area contributed by atoms with Gasteiger partial charge in [-0.05, 0) is 38.0 Å². The maximum Gasteiger partial charge on any atom is 0.258 e. The predicted octanol–water partition coefficient (Wildman–Crippen LogP) is 1.85. The maximum atomic E-state index is 13.8. The highest BCUT2D eigenvalue weighted by atomic mass is 19.1. The molecule has 1 aromatic carbocycles. The number of nitrogens with zero attached hydrogens (tertiary/aromatic N) is 4. The van der Waals surface area contributed by atoms with Crippen molar-refractivity contribution < 1.29 is 13.9 Å². The largest absolute Gasteiger partial charge is 0.491 e. The van der Waals surface area contributed by atoms with Gasteiger partial charge in [-0.3, -0.25) is 4.79 Å². The topological polar surface area (TPSA) is 86.3 Å². The van der Waals surface area contributed by atoms with Crippen molar-refractivity contribution in [3.05, 3.63) is 41.2 Å². The molecule has 1 amide bonds. The van der Waals surface area contributed by atoms with E-state index in [0.717, 1.165) is 24.5 Å². The summed E-state index contributed by atoms with van der Waals surface area (Å²) in [5.41, 5.74) is 5.68. The molecule has 1 aliphatic carbocycles. The number of carbonyl (C=O) groups is 1. The number of hydrogen-bond acceptors (Lipinski definition) is 5. The van der Waals surface area contributed by atoms with Gasteiger partial charge in [0.1, 0.15) is 24.0 Å². The van der Waals surface area contributed by atoms with Crippen LogP contribution in [0, 0.1) is 5.82 Å². The van der Waals surface area contributed by atoms with Gasteiger partial charge in [0.15, 0.2) is 5.82 Å². The van der Waals surface area contributed by atoms with Gasteiger partial charge in [-0.25, -0.2) is 14.1 Å². The number of fused-ring (bicyclic) bond motifs is 1. The summed E-state index contributed by atoms with van der Waals surface area (Å²) >= 11 is 0. The van der Waals surface area contributed by atoms with E-state index < -0.39 is 5.82 Å². The zero-order valence-corrected chi connectivity index (χ0v) is 14.7. The second kappa shape index (κ2) is 6.68. The van der Waals surface area contributed by atoms with E-state index in [4.69, 9.17) is 10.5 Å². The number of halogens is 1. The van der Waals surface area contributed by atoms with Crippen molar-refractivity contribution in [1.29, 1.82) is 0 Å². The summed E-state index contributed by atoms with van der Waals surface area (Å²) in [4.78, 5) is 19.4. The van der Waals surface area contributed by atoms with E-state index in [1.54, 1.807) is 4.90 Å². The summed E-state index contributed by atoms with van der Waals surface area (Å²) in [6, 6.07) is 3.74. The molecule has 138 valence electrons. The van der Waals surface area contributed by atoms with Gasteiger partial charge in [-0.2, -0.15) is 5.10 Å². The number of carbonyl (C=O) groups excluding carboxylic acids is 1. The molecule has 1 atom stereocenters. The second-order valence-corrected chi connectivity index (χ2v) is 6.78. The first kappa shape index (κ1) is 17.0. The van der Waals surface area contributed by atoms with Crippen LogP contribution in [-0.2, 0) is 6.54 Å². The first-order chi connectivity index (χ1) is 12.6. The molecule has 1 fully saturated rings. The lowest BCUT2D eigenvalue weighted by Crippen LogP contribution is -2.41. The average Bonchev–Trinajstić information content (AvgIpc) is 3.39. The highest BCUT2D eigenvalue weighted by molar-refractivity contribution is 5.97. The van der Waals surface area contributed by atoms with Crippen LogP contribution in [0.15, 0.2) is 18.2 Å². The molecule has 1 saturated carbocycles. The average molecular weight is 359 g/mol. The number of nitrogens with two attached hydrogens (primary N) is 1. The van der Waals surface area contributed by atoms with Crippen molar-refractivity contribution in [3.63, 3.8) is 0 Å². The zero-order chi connectivity index (χ0) is 18.3. The molecular weight excluding hydrogens is 337 g/mol. The Kier molecular flexibility index (Phi) is 4.36. The fourth-order valence-electron chi connectivity index (χ4n) is 3.29. The molecule has 0 radical (unpaired) electrons. The van der Waals surface area contributed by atoms with E-state index in [2.05, 4.69) is 10.1 Å². The molecule has 0 saturated heterocycles. The van der Waals surface area contributed by atoms with Gasteiger partial charge in [0.2, 0.25) is 0 Å². The lowest BCUT2D eigenvalue weighted by Gasteiger charge is -2.33. The van der Waals surface area contributed by atoms with Gasteiger partial charge < -0.3 is 15.4 Å². The van der Waals surface area contributed by atoms with Crippen molar-refractivity contribution >= 4 is 5.91 Å². The van der Waals surface area contributed by atoms with Gasteiger partial charge in [-0.1, -0.05) is 0 Å². The van der Waals surface area contributed by atoms with E-state index in [-0.39, 0.29) is 24.1 Å². The van der Waals surface area contributed by atoms with Crippen LogP contribution in [0.2, 0.25) is 0 Å². The van der Waals surface area contributed by atoms with Crippen LogP contribution in [0.25, 0.3) is 0 Å². The van der Waals surface area contributed by atoms with Crippen molar-refractivity contribution in [2.24, 2.45) is 5.73 Å². The molecule has 2 N–H and O–H groups in total. The van der Waals surface area contributed by atoms with E-state index in [1.165, 1.54) is 18.2 Å². The Bertz CT molecular complexity index is 833. The minimum atomic E-state index is -0.475. The SMILES string of the molecule is C[C@@H]1c2nc(C3CC3)nn2CCN1C(=O)c1cc(F)ccc1OCCN. The highest BCUT2D eigenvalue weighted by Gasteiger charge is 2.35. The molecule has 1 aromatic heterocycles. The fraction of sp³-hybridized carbons (Fsp3) is 0.500. The van der Waals surface area contributed by atoms with Crippen LogP contribution in [0.5, 0.6) is 5.75 Å². The van der Waals surface area contributed by atoms with Crippen LogP contribution in [0.4, 0.5) is 4.39 Å². The quantitative estimate of drug-likeness (QED) is 0.880. The Morgan fingerprint density at radius 1 is 1.38 bits per heavy atom. The van der Waals surface area contributed by atoms with Crippen molar-refractivity contribution in [2.75, 3.05) is 19.7 Å². The number of benzene rings is 1. The standard InChI is InChI=1S/C18H22FN5O2/c1-11-17-21-16(12-2-3-12)22-24(17)8-7-23(11)18(25)14-10-13(19)4-5-15(14)26-9-6-20/h4-5,10-12H,2-3,6-9,20H2,1H3/t11-/m1/s1. The highest BCUT2D eigenvalue weighted by Crippen LogP contribution is 2.39. The van der Waals surface area contributed by atoms with Crippen molar-refractivity contribution in [2.45, 2.75) is 38.3 Å². The molecule has 0 spiro atoms. The lowest BCUT2D eigenvalue weighted by molar-refractivity contribution is 0.0626. The van der Waals surface area contributed by atoms with Crippen LogP contribution in [0.3, 0.4) is 0 Å². The molecular formula is C18H22FN5O2. The third-order valence-electron chi connectivity index (χ3n) is 4.86. The summed E-state index contributed by atoms with van der Waals surface area (Å²) in [7, 11) is 0. The monoisotopic (exact) mass is 359 g/mol. The molecule has 0 bridgehead atoms. The third-order valence-corrected chi connectivity index (χ3v) is 4.86. The minimum Gasteiger partial charge on any atom is -0.491 e. The van der Waals surface area contributed by atoms with Gasteiger partial charge in [-0.15, -0.1) is 0 Å². The molecule has 2 heterocycles. The Morgan fingerprint density at radius 3 is 2.92 bits per heavy atom. The normalized spacial score (nSPS) is 19.3. The van der Waals surface area contributed by atoms with Gasteiger partial charge in [0.25, 0.3) is 5.91 Å². The molecule has 7 nitrogen and oxygen atoms in total. The Morgan fingerprint density at radius 2 is 2.19 bits per heavy atom. The van der Waals surface area contributed by atoms with Crippen molar-refractivity contribution in [3.8, 4) is 5.75 Å². The summed E-state index contributed by atoms with van der Waals surface area (Å²) in [5, 5.41) is 4.57. The molecule has 2 aliphatic rings. The molecule has 8 heteroatoms. The Hall–Kier alpha value is -2.48.